The van der Waals surface area contributed by atoms with Gasteiger partial charge in [0.15, 0.2) is 8.32 Å². The number of epoxide rings is 1. The van der Waals surface area contributed by atoms with E-state index in [0.717, 1.165) is 25.7 Å². The van der Waals surface area contributed by atoms with E-state index in [1.54, 1.807) is 0 Å². The van der Waals surface area contributed by atoms with Gasteiger partial charge in [-0.15, -0.1) is 0 Å². The topological polar surface area (TPSA) is 48.1 Å². The van der Waals surface area contributed by atoms with Gasteiger partial charge in [-0.2, -0.15) is 0 Å². The van der Waals surface area contributed by atoms with Gasteiger partial charge in [-0.1, -0.05) is 34.6 Å². The van der Waals surface area contributed by atoms with Gasteiger partial charge < -0.3 is 13.9 Å². The quantitative estimate of drug-likeness (QED) is 0.397. The number of ether oxygens (including phenoxy) is 2. The number of carbonyl (C=O) groups excluding carboxylic acids is 1. The van der Waals surface area contributed by atoms with E-state index >= 15 is 0 Å². The minimum absolute atomic E-state index is 0.00550. The molecule has 2 saturated carbocycles. The SMILES string of the molecule is C[C@@H]1C(=O)O[C@H]2[C@H]1CC[C@@]1(C)[C@H](O[Si](C)(C)C(C)(C)C)CC[C@]3(C)O[C@]213. The van der Waals surface area contributed by atoms with Crippen LogP contribution < -0.4 is 0 Å². The maximum atomic E-state index is 12.3. The molecule has 2 aliphatic heterocycles. The largest absolute Gasteiger partial charge is 0.459 e. The van der Waals surface area contributed by atoms with Crippen LogP contribution in [-0.4, -0.2) is 37.7 Å². The zero-order chi connectivity index (χ0) is 19.3. The summed E-state index contributed by atoms with van der Waals surface area (Å²) >= 11 is 0. The number of carbonyl (C=O) groups is 1. The Kier molecular flexibility index (Phi) is 3.75. The molecule has 0 amide bonds. The Morgan fingerprint density at radius 1 is 1.15 bits per heavy atom. The second-order valence-electron chi connectivity index (χ2n) is 11.2. The molecule has 2 aliphatic carbocycles. The Morgan fingerprint density at radius 3 is 2.42 bits per heavy atom. The van der Waals surface area contributed by atoms with Crippen LogP contribution in [0.25, 0.3) is 0 Å². The van der Waals surface area contributed by atoms with Crippen molar-refractivity contribution in [1.29, 1.82) is 0 Å². The van der Waals surface area contributed by atoms with Gasteiger partial charge in [0.25, 0.3) is 0 Å². The highest BCUT2D eigenvalue weighted by Gasteiger charge is 2.85. The molecule has 0 unspecified atom stereocenters. The summed E-state index contributed by atoms with van der Waals surface area (Å²) in [6, 6.07) is 0. The fraction of sp³-hybridized carbons (Fsp3) is 0.952. The molecule has 0 aromatic carbocycles. The Bertz CT molecular complexity index is 640. The van der Waals surface area contributed by atoms with Crippen LogP contribution in [0.15, 0.2) is 0 Å². The predicted molar refractivity (Wildman–Crippen MR) is 103 cm³/mol. The molecule has 7 atom stereocenters. The number of rotatable bonds is 2. The van der Waals surface area contributed by atoms with E-state index in [2.05, 4.69) is 47.7 Å². The fourth-order valence-corrected chi connectivity index (χ4v) is 7.46. The molecular formula is C21H36O4Si. The van der Waals surface area contributed by atoms with Crippen LogP contribution in [0.2, 0.25) is 18.1 Å². The second kappa shape index (κ2) is 5.15. The molecule has 1 spiro atoms. The molecular weight excluding hydrogens is 344 g/mol. The first-order valence-electron chi connectivity index (χ1n) is 10.4. The van der Waals surface area contributed by atoms with E-state index in [0.29, 0.717) is 5.92 Å². The van der Waals surface area contributed by atoms with Crippen LogP contribution in [0, 0.1) is 17.3 Å². The van der Waals surface area contributed by atoms with Gasteiger partial charge in [0, 0.05) is 11.3 Å². The maximum absolute atomic E-state index is 12.3. The zero-order valence-electron chi connectivity index (χ0n) is 17.8. The van der Waals surface area contributed by atoms with Gasteiger partial charge in [-0.3, -0.25) is 4.79 Å². The van der Waals surface area contributed by atoms with Crippen LogP contribution in [0.3, 0.4) is 0 Å². The Morgan fingerprint density at radius 2 is 1.81 bits per heavy atom. The summed E-state index contributed by atoms with van der Waals surface area (Å²) in [6.07, 6.45) is 4.23. The van der Waals surface area contributed by atoms with E-state index in [4.69, 9.17) is 13.9 Å². The van der Waals surface area contributed by atoms with Crippen molar-refractivity contribution in [3.63, 3.8) is 0 Å². The molecule has 5 heteroatoms. The molecule has 4 aliphatic rings. The second-order valence-corrected chi connectivity index (χ2v) is 16.0. The number of hydrogen-bond acceptors (Lipinski definition) is 4. The van der Waals surface area contributed by atoms with Crippen molar-refractivity contribution in [2.75, 3.05) is 0 Å². The number of esters is 1. The normalized spacial score (nSPS) is 50.5. The fourth-order valence-electron chi connectivity index (χ4n) is 6.01. The molecule has 2 saturated heterocycles. The maximum Gasteiger partial charge on any atom is 0.309 e. The van der Waals surface area contributed by atoms with Crippen LogP contribution in [0.4, 0.5) is 0 Å². The predicted octanol–water partition coefficient (Wildman–Crippen LogP) is 4.68. The number of hydrogen-bond donors (Lipinski definition) is 0. The third-order valence-corrected chi connectivity index (χ3v) is 13.3. The molecule has 4 fully saturated rings. The summed E-state index contributed by atoms with van der Waals surface area (Å²) in [5.41, 5.74) is -0.599. The van der Waals surface area contributed by atoms with E-state index < -0.39 is 8.32 Å². The average molecular weight is 381 g/mol. The van der Waals surface area contributed by atoms with Crippen molar-refractivity contribution in [3.8, 4) is 0 Å². The molecule has 4 rings (SSSR count). The summed E-state index contributed by atoms with van der Waals surface area (Å²) in [6.45, 7) is 18.2. The minimum atomic E-state index is -1.88. The van der Waals surface area contributed by atoms with Crippen molar-refractivity contribution in [2.24, 2.45) is 17.3 Å². The van der Waals surface area contributed by atoms with Crippen LogP contribution in [0.5, 0.6) is 0 Å². The van der Waals surface area contributed by atoms with Gasteiger partial charge in [0.2, 0.25) is 0 Å². The van der Waals surface area contributed by atoms with E-state index in [1.165, 1.54) is 0 Å². The van der Waals surface area contributed by atoms with Crippen molar-refractivity contribution in [2.45, 2.75) is 109 Å². The van der Waals surface area contributed by atoms with Crippen molar-refractivity contribution in [3.05, 3.63) is 0 Å². The van der Waals surface area contributed by atoms with Crippen LogP contribution in [0.1, 0.15) is 67.2 Å². The monoisotopic (exact) mass is 380 g/mol. The lowest BCUT2D eigenvalue weighted by Gasteiger charge is -2.55. The minimum Gasteiger partial charge on any atom is -0.459 e. The first kappa shape index (κ1) is 18.9. The standard InChI is InChI=1S/C21H36O4Si/c1-13-14-9-11-19(5)15(24-26(7,8)18(2,3)4)10-12-20(6)21(19,25-20)16(14)23-17(13)22/h13-16H,9-12H2,1-8H3/t13-,14-,15+,16-,19-,20-,21+/m0/s1. The van der Waals surface area contributed by atoms with E-state index in [9.17, 15) is 4.79 Å². The highest BCUT2D eigenvalue weighted by Crippen LogP contribution is 2.73. The lowest BCUT2D eigenvalue weighted by atomic mass is 9.52. The van der Waals surface area contributed by atoms with Gasteiger partial charge in [0.05, 0.1) is 17.6 Å². The number of fused-ring (bicyclic) bond motifs is 1. The summed E-state index contributed by atoms with van der Waals surface area (Å²) < 4.78 is 19.5. The molecule has 0 bridgehead atoms. The summed E-state index contributed by atoms with van der Waals surface area (Å²) in [5, 5.41) is 0.188. The van der Waals surface area contributed by atoms with E-state index in [-0.39, 0.29) is 45.8 Å². The molecule has 0 radical (unpaired) electrons. The van der Waals surface area contributed by atoms with Crippen molar-refractivity contribution < 1.29 is 18.7 Å². The first-order valence-corrected chi connectivity index (χ1v) is 13.3. The third-order valence-electron chi connectivity index (χ3n) is 8.86. The van der Waals surface area contributed by atoms with Crippen LogP contribution in [-0.2, 0) is 18.7 Å². The van der Waals surface area contributed by atoms with Gasteiger partial charge in [0.1, 0.15) is 11.7 Å². The highest BCUT2D eigenvalue weighted by atomic mass is 28.4. The zero-order valence-corrected chi connectivity index (χ0v) is 18.8. The van der Waals surface area contributed by atoms with Gasteiger partial charge in [-0.05, 0) is 50.7 Å². The average Bonchev–Trinajstić information content (AvgIpc) is 3.05. The van der Waals surface area contributed by atoms with Crippen LogP contribution >= 0.6 is 0 Å². The van der Waals surface area contributed by atoms with Gasteiger partial charge >= 0.3 is 5.97 Å². The molecule has 148 valence electrons. The molecule has 26 heavy (non-hydrogen) atoms. The summed E-state index contributed by atoms with van der Waals surface area (Å²) in [7, 11) is -1.88. The van der Waals surface area contributed by atoms with Crippen molar-refractivity contribution in [1.82, 2.24) is 0 Å². The molecule has 2 heterocycles. The first-order chi connectivity index (χ1) is 11.8. The Labute approximate surface area is 159 Å². The highest BCUT2D eigenvalue weighted by molar-refractivity contribution is 6.74. The lowest BCUT2D eigenvalue weighted by Crippen LogP contribution is -2.64. The third kappa shape index (κ3) is 2.11. The van der Waals surface area contributed by atoms with Gasteiger partial charge in [-0.25, -0.2) is 0 Å². The Hall–Kier alpha value is -0.393. The summed E-state index contributed by atoms with van der Waals surface area (Å²) in [4.78, 5) is 12.3. The summed E-state index contributed by atoms with van der Waals surface area (Å²) in [5.74, 6) is 0.252. The Balaban J connectivity index is 1.70. The smallest absolute Gasteiger partial charge is 0.309 e. The molecule has 0 aromatic heterocycles. The lowest BCUT2D eigenvalue weighted by molar-refractivity contribution is -0.157. The molecule has 0 aromatic rings. The van der Waals surface area contributed by atoms with Crippen molar-refractivity contribution >= 4 is 14.3 Å². The van der Waals surface area contributed by atoms with E-state index in [1.807, 2.05) is 6.92 Å². The molecule has 0 N–H and O–H groups in total. The molecule has 4 nitrogen and oxygen atoms in total.